The molecule has 0 aliphatic carbocycles. The number of rotatable bonds is 12. The summed E-state index contributed by atoms with van der Waals surface area (Å²) in [4.78, 5) is 0. The fourth-order valence-corrected chi connectivity index (χ4v) is 1.68. The maximum Gasteiger partial charge on any atom is 0.122 e. The van der Waals surface area contributed by atoms with Crippen LogP contribution in [0, 0.1) is 10.8 Å². The molecule has 0 aliphatic rings. The molecule has 0 unspecified atom stereocenters. The first-order valence-corrected chi connectivity index (χ1v) is 7.15. The third-order valence-corrected chi connectivity index (χ3v) is 2.83. The molecule has 1 aromatic rings. The van der Waals surface area contributed by atoms with Crippen molar-refractivity contribution < 1.29 is 18.9 Å². The van der Waals surface area contributed by atoms with Gasteiger partial charge >= 0.3 is 0 Å². The van der Waals surface area contributed by atoms with E-state index in [1.807, 2.05) is 0 Å². The van der Waals surface area contributed by atoms with E-state index in [9.17, 15) is 0 Å². The van der Waals surface area contributed by atoms with E-state index in [4.69, 9.17) is 41.2 Å². The first kappa shape index (κ1) is 18.9. The Labute approximate surface area is 135 Å². The van der Waals surface area contributed by atoms with Crippen LogP contribution in [0.3, 0.4) is 0 Å². The summed E-state index contributed by atoms with van der Waals surface area (Å²) < 4.78 is 21.0. The summed E-state index contributed by atoms with van der Waals surface area (Å²) >= 11 is 0. The van der Waals surface area contributed by atoms with Crippen LogP contribution in [-0.4, -0.2) is 58.4 Å². The van der Waals surface area contributed by atoms with Crippen molar-refractivity contribution in [2.75, 3.05) is 46.8 Å². The number of methoxy groups -OCH3 is 1. The minimum absolute atomic E-state index is 0.109. The quantitative estimate of drug-likeness (QED) is 0.248. The Bertz CT molecular complexity index is 490. The summed E-state index contributed by atoms with van der Waals surface area (Å²) in [6.07, 6.45) is 0. The fraction of sp³-hybridized carbons (Fsp3) is 0.467. The zero-order chi connectivity index (χ0) is 17.1. The van der Waals surface area contributed by atoms with Gasteiger partial charge in [-0.05, 0) is 18.2 Å². The van der Waals surface area contributed by atoms with Gasteiger partial charge in [0.1, 0.15) is 24.0 Å². The monoisotopic (exact) mass is 324 g/mol. The Morgan fingerprint density at radius 3 is 1.78 bits per heavy atom. The molecule has 0 radical (unpaired) electrons. The molecule has 0 saturated heterocycles. The second-order valence-electron chi connectivity index (χ2n) is 4.64. The predicted molar refractivity (Wildman–Crippen MR) is 87.5 cm³/mol. The third kappa shape index (κ3) is 7.59. The van der Waals surface area contributed by atoms with E-state index in [1.165, 1.54) is 0 Å². The smallest absolute Gasteiger partial charge is 0.122 e. The molecule has 23 heavy (non-hydrogen) atoms. The van der Waals surface area contributed by atoms with E-state index in [0.717, 1.165) is 0 Å². The Hall–Kier alpha value is -2.16. The lowest BCUT2D eigenvalue weighted by atomic mass is 10.1. The van der Waals surface area contributed by atoms with Crippen molar-refractivity contribution in [1.82, 2.24) is 0 Å². The third-order valence-electron chi connectivity index (χ3n) is 2.83. The molecule has 0 aliphatic heterocycles. The average Bonchev–Trinajstić information content (AvgIpc) is 2.53. The van der Waals surface area contributed by atoms with Gasteiger partial charge in [-0.25, -0.2) is 0 Å². The second-order valence-corrected chi connectivity index (χ2v) is 4.64. The highest BCUT2D eigenvalue weighted by Crippen LogP contribution is 2.17. The SMILES string of the molecule is COCCOCCOCCOc1cc(C(=N)N)cc(C(=N)N)c1. The lowest BCUT2D eigenvalue weighted by Gasteiger charge is -2.11. The molecule has 8 nitrogen and oxygen atoms in total. The van der Waals surface area contributed by atoms with Gasteiger partial charge in [0.25, 0.3) is 0 Å². The number of nitrogens with one attached hydrogen (secondary N) is 2. The molecule has 0 saturated carbocycles. The summed E-state index contributed by atoms with van der Waals surface area (Å²) in [7, 11) is 1.62. The zero-order valence-electron chi connectivity index (χ0n) is 13.3. The van der Waals surface area contributed by atoms with E-state index in [1.54, 1.807) is 25.3 Å². The van der Waals surface area contributed by atoms with Crippen LogP contribution < -0.4 is 16.2 Å². The molecule has 0 atom stereocenters. The van der Waals surface area contributed by atoms with Crippen LogP contribution in [0.5, 0.6) is 5.75 Å². The van der Waals surface area contributed by atoms with Crippen LogP contribution in [0.25, 0.3) is 0 Å². The molecule has 0 bridgehead atoms. The highest BCUT2D eigenvalue weighted by atomic mass is 16.6. The van der Waals surface area contributed by atoms with Crippen molar-refractivity contribution in [3.63, 3.8) is 0 Å². The number of benzene rings is 1. The normalized spacial score (nSPS) is 10.5. The van der Waals surface area contributed by atoms with Gasteiger partial charge in [0.15, 0.2) is 0 Å². The van der Waals surface area contributed by atoms with Crippen LogP contribution >= 0.6 is 0 Å². The summed E-state index contributed by atoms with van der Waals surface area (Å²) in [6.45, 7) is 2.80. The average molecular weight is 324 g/mol. The molecular weight excluding hydrogens is 300 g/mol. The Morgan fingerprint density at radius 1 is 0.826 bits per heavy atom. The highest BCUT2D eigenvalue weighted by molar-refractivity contribution is 6.01. The zero-order valence-corrected chi connectivity index (χ0v) is 13.3. The van der Waals surface area contributed by atoms with Gasteiger partial charge in [0.2, 0.25) is 0 Å². The van der Waals surface area contributed by atoms with E-state index in [2.05, 4.69) is 0 Å². The number of nitrogens with two attached hydrogens (primary N) is 2. The van der Waals surface area contributed by atoms with Gasteiger partial charge < -0.3 is 30.4 Å². The fourth-order valence-electron chi connectivity index (χ4n) is 1.68. The maximum absolute atomic E-state index is 7.47. The molecule has 0 amide bonds. The van der Waals surface area contributed by atoms with Gasteiger partial charge in [-0.15, -0.1) is 0 Å². The van der Waals surface area contributed by atoms with Crippen LogP contribution in [-0.2, 0) is 14.2 Å². The second kappa shape index (κ2) is 10.5. The minimum Gasteiger partial charge on any atom is -0.491 e. The lowest BCUT2D eigenvalue weighted by Crippen LogP contribution is -2.16. The predicted octanol–water partition coefficient (Wildman–Crippen LogP) is 0.313. The Kier molecular flexibility index (Phi) is 8.66. The molecule has 0 fully saturated rings. The van der Waals surface area contributed by atoms with Gasteiger partial charge in [-0.3, -0.25) is 10.8 Å². The molecule has 1 aromatic carbocycles. The first-order chi connectivity index (χ1) is 11.0. The number of hydrogen-bond acceptors (Lipinski definition) is 6. The first-order valence-electron chi connectivity index (χ1n) is 7.15. The lowest BCUT2D eigenvalue weighted by molar-refractivity contribution is 0.0180. The van der Waals surface area contributed by atoms with Crippen molar-refractivity contribution in [2.45, 2.75) is 0 Å². The van der Waals surface area contributed by atoms with E-state index in [0.29, 0.717) is 56.5 Å². The summed E-state index contributed by atoms with van der Waals surface area (Å²) in [5.74, 6) is 0.271. The van der Waals surface area contributed by atoms with E-state index >= 15 is 0 Å². The van der Waals surface area contributed by atoms with Crippen molar-refractivity contribution in [3.05, 3.63) is 29.3 Å². The van der Waals surface area contributed by atoms with Crippen molar-refractivity contribution in [1.29, 1.82) is 10.8 Å². The van der Waals surface area contributed by atoms with E-state index < -0.39 is 0 Å². The van der Waals surface area contributed by atoms with Gasteiger partial charge in [-0.1, -0.05) is 0 Å². The molecule has 1 rings (SSSR count). The molecule has 6 N–H and O–H groups in total. The molecule has 128 valence electrons. The molecule has 0 heterocycles. The summed E-state index contributed by atoms with van der Waals surface area (Å²) in [5, 5.41) is 14.9. The van der Waals surface area contributed by atoms with Crippen LogP contribution in [0.15, 0.2) is 18.2 Å². The van der Waals surface area contributed by atoms with Crippen LogP contribution in [0.1, 0.15) is 11.1 Å². The Morgan fingerprint density at radius 2 is 1.30 bits per heavy atom. The number of amidine groups is 2. The molecule has 0 spiro atoms. The molecular formula is C15H24N4O4. The number of nitrogen functional groups attached to an aromatic ring is 2. The highest BCUT2D eigenvalue weighted by Gasteiger charge is 2.06. The summed E-state index contributed by atoms with van der Waals surface area (Å²) in [6, 6.07) is 4.83. The van der Waals surface area contributed by atoms with Crippen molar-refractivity contribution in [2.24, 2.45) is 11.5 Å². The maximum atomic E-state index is 7.47. The Balaban J connectivity index is 2.34. The van der Waals surface area contributed by atoms with Crippen LogP contribution in [0.4, 0.5) is 0 Å². The van der Waals surface area contributed by atoms with Gasteiger partial charge in [-0.2, -0.15) is 0 Å². The number of ether oxygens (including phenoxy) is 4. The van der Waals surface area contributed by atoms with Crippen molar-refractivity contribution in [3.8, 4) is 5.75 Å². The van der Waals surface area contributed by atoms with E-state index in [-0.39, 0.29) is 11.7 Å². The summed E-state index contributed by atoms with van der Waals surface area (Å²) in [5.41, 5.74) is 11.8. The largest absolute Gasteiger partial charge is 0.491 e. The standard InChI is InChI=1S/C15H24N4O4/c1-20-2-3-21-4-5-22-6-7-23-13-9-11(14(16)17)8-12(10-13)15(18)19/h8-10H,2-7H2,1H3,(H3,16,17)(H3,18,19). The number of hydrogen-bond donors (Lipinski definition) is 4. The van der Waals surface area contributed by atoms with Gasteiger partial charge in [0, 0.05) is 18.2 Å². The minimum atomic E-state index is -0.109. The molecule has 8 heteroatoms. The topological polar surface area (TPSA) is 137 Å². The molecule has 0 aromatic heterocycles. The van der Waals surface area contributed by atoms with Crippen molar-refractivity contribution >= 4 is 11.7 Å². The van der Waals surface area contributed by atoms with Crippen LogP contribution in [0.2, 0.25) is 0 Å². The van der Waals surface area contributed by atoms with Gasteiger partial charge in [0.05, 0.1) is 33.0 Å².